The number of alkyl halides is 1. The van der Waals surface area contributed by atoms with Gasteiger partial charge < -0.3 is 4.74 Å². The van der Waals surface area contributed by atoms with Gasteiger partial charge in [-0.15, -0.1) is 0 Å². The van der Waals surface area contributed by atoms with E-state index < -0.39 is 6.04 Å². The summed E-state index contributed by atoms with van der Waals surface area (Å²) in [5, 5.41) is 20.3. The number of allylic oxidation sites excluding steroid dienone is 2. The number of ether oxygens (including phenoxy) is 1. The molecular formula is C16H23BrN2O3. The highest BCUT2D eigenvalue weighted by Crippen LogP contribution is 2.36. The van der Waals surface area contributed by atoms with Crippen molar-refractivity contribution in [3.63, 3.8) is 0 Å². The lowest BCUT2D eigenvalue weighted by atomic mass is 9.79. The van der Waals surface area contributed by atoms with Gasteiger partial charge in [0.2, 0.25) is 6.04 Å². The molecule has 0 N–H and O–H groups in total. The Morgan fingerprint density at radius 3 is 2.50 bits per heavy atom. The van der Waals surface area contributed by atoms with Gasteiger partial charge in [-0.25, -0.2) is 0 Å². The number of nitro groups is 1. The van der Waals surface area contributed by atoms with E-state index in [-0.39, 0.29) is 16.9 Å². The van der Waals surface area contributed by atoms with Crippen LogP contribution in [0.3, 0.4) is 0 Å². The normalized spacial score (nSPS) is 36.6. The third kappa shape index (κ3) is 4.30. The van der Waals surface area contributed by atoms with E-state index in [1.54, 1.807) is 7.11 Å². The monoisotopic (exact) mass is 370 g/mol. The van der Waals surface area contributed by atoms with Crippen LogP contribution in [-0.2, 0) is 4.74 Å². The number of hydrogen-bond acceptors (Lipinski definition) is 4. The highest BCUT2D eigenvalue weighted by Gasteiger charge is 2.32. The summed E-state index contributed by atoms with van der Waals surface area (Å²) in [7, 11) is 1.74. The Hall–Kier alpha value is -0.930. The zero-order valence-corrected chi connectivity index (χ0v) is 14.5. The van der Waals surface area contributed by atoms with Crippen molar-refractivity contribution < 1.29 is 9.66 Å². The minimum atomic E-state index is -0.416. The van der Waals surface area contributed by atoms with E-state index in [0.29, 0.717) is 23.6 Å². The van der Waals surface area contributed by atoms with Crippen LogP contribution < -0.4 is 0 Å². The molecule has 0 spiro atoms. The first-order chi connectivity index (χ1) is 10.5. The minimum absolute atomic E-state index is 0.173. The molecule has 0 radical (unpaired) electrons. The summed E-state index contributed by atoms with van der Waals surface area (Å²) in [6.45, 7) is 0. The van der Waals surface area contributed by atoms with E-state index in [1.165, 1.54) is 0 Å². The Morgan fingerprint density at radius 1 is 1.32 bits per heavy atom. The first kappa shape index (κ1) is 17.4. The lowest BCUT2D eigenvalue weighted by Gasteiger charge is -2.31. The molecule has 0 aromatic carbocycles. The summed E-state index contributed by atoms with van der Waals surface area (Å²) in [6.07, 6.45) is 8.10. The van der Waals surface area contributed by atoms with E-state index in [2.05, 4.69) is 28.1 Å². The van der Waals surface area contributed by atoms with Crippen LogP contribution in [0.4, 0.5) is 0 Å². The van der Waals surface area contributed by atoms with Gasteiger partial charge in [0, 0.05) is 35.3 Å². The Balaban J connectivity index is 1.95. The molecule has 0 unspecified atom stereocenters. The van der Waals surface area contributed by atoms with Crippen LogP contribution in [0.25, 0.3) is 0 Å². The van der Waals surface area contributed by atoms with Crippen molar-refractivity contribution in [3.8, 4) is 6.07 Å². The summed E-state index contributed by atoms with van der Waals surface area (Å²) >= 11 is 3.67. The van der Waals surface area contributed by atoms with Crippen LogP contribution in [0, 0.1) is 33.3 Å². The third-order valence-electron chi connectivity index (χ3n) is 5.04. The first-order valence-electron chi connectivity index (χ1n) is 7.97. The maximum Gasteiger partial charge on any atom is 0.213 e. The summed E-state index contributed by atoms with van der Waals surface area (Å²) in [4.78, 5) is 11.0. The zero-order valence-electron chi connectivity index (χ0n) is 12.9. The molecule has 2 aliphatic carbocycles. The van der Waals surface area contributed by atoms with E-state index >= 15 is 0 Å². The van der Waals surface area contributed by atoms with Crippen LogP contribution in [0.5, 0.6) is 0 Å². The Bertz CT molecular complexity index is 467. The zero-order chi connectivity index (χ0) is 16.1. The lowest BCUT2D eigenvalue weighted by molar-refractivity contribution is -0.526. The van der Waals surface area contributed by atoms with Gasteiger partial charge in [0.05, 0.1) is 12.2 Å². The largest absolute Gasteiger partial charge is 0.380 e. The van der Waals surface area contributed by atoms with Crippen molar-refractivity contribution in [2.24, 2.45) is 11.8 Å². The Kier molecular flexibility index (Phi) is 6.39. The van der Waals surface area contributed by atoms with Gasteiger partial charge in [-0.1, -0.05) is 22.0 Å². The molecule has 2 saturated carbocycles. The maximum atomic E-state index is 10.8. The van der Waals surface area contributed by atoms with Gasteiger partial charge >= 0.3 is 0 Å². The fourth-order valence-electron chi connectivity index (χ4n) is 3.65. The van der Waals surface area contributed by atoms with Crippen molar-refractivity contribution in [2.45, 2.75) is 61.9 Å². The molecule has 0 aliphatic heterocycles. The van der Waals surface area contributed by atoms with Crippen LogP contribution >= 0.6 is 15.9 Å². The number of halogens is 1. The molecule has 0 aromatic rings. The molecule has 0 amide bonds. The van der Waals surface area contributed by atoms with Crippen molar-refractivity contribution in [1.29, 1.82) is 5.26 Å². The standard InChI is InChI=1S/C16H23BrN2O3/c1-22-16-7-2-11(9-15(16)17)8-13(10-18)12-3-5-14(6-4-12)19(20)21/h8,11-12,14-16H,2-7,9H2,1H3/b13-8-/t11-,12?,14?,15+,16+/m1/s1. The quantitative estimate of drug-likeness (QED) is 0.326. The summed E-state index contributed by atoms with van der Waals surface area (Å²) in [6, 6.07) is 1.93. The Labute approximate surface area is 140 Å². The van der Waals surface area contributed by atoms with Crippen LogP contribution in [-0.4, -0.2) is 29.0 Å². The van der Waals surface area contributed by atoms with Gasteiger partial charge in [0.25, 0.3) is 0 Å². The molecule has 6 heteroatoms. The summed E-state index contributed by atoms with van der Waals surface area (Å²) in [5.41, 5.74) is 0.836. The van der Waals surface area contributed by atoms with Gasteiger partial charge in [-0.2, -0.15) is 5.26 Å². The highest BCUT2D eigenvalue weighted by atomic mass is 79.9. The van der Waals surface area contributed by atoms with Crippen LogP contribution in [0.1, 0.15) is 44.9 Å². The van der Waals surface area contributed by atoms with Crippen molar-refractivity contribution in [1.82, 2.24) is 0 Å². The molecule has 0 saturated heterocycles. The second-order valence-corrected chi connectivity index (χ2v) is 7.56. The average molecular weight is 371 g/mol. The van der Waals surface area contributed by atoms with Crippen LogP contribution in [0.15, 0.2) is 11.6 Å². The minimum Gasteiger partial charge on any atom is -0.380 e. The van der Waals surface area contributed by atoms with Crippen LogP contribution in [0.2, 0.25) is 0 Å². The highest BCUT2D eigenvalue weighted by molar-refractivity contribution is 9.09. The van der Waals surface area contributed by atoms with E-state index in [0.717, 1.165) is 37.7 Å². The molecule has 0 aromatic heterocycles. The lowest BCUT2D eigenvalue weighted by Crippen LogP contribution is -2.31. The van der Waals surface area contributed by atoms with Gasteiger partial charge in [0.1, 0.15) is 0 Å². The smallest absolute Gasteiger partial charge is 0.213 e. The molecule has 3 atom stereocenters. The topological polar surface area (TPSA) is 76.2 Å². The maximum absolute atomic E-state index is 10.8. The van der Waals surface area contributed by atoms with E-state index in [9.17, 15) is 15.4 Å². The van der Waals surface area contributed by atoms with Gasteiger partial charge in [0.15, 0.2) is 0 Å². The number of methoxy groups -OCH3 is 1. The molecule has 0 bridgehead atoms. The molecule has 22 heavy (non-hydrogen) atoms. The molecule has 2 aliphatic rings. The SMILES string of the molecule is CO[C@H]1CC[C@H](/C=C(/C#N)C2CCC([N+](=O)[O-])CC2)C[C@@H]1Br. The number of nitriles is 1. The predicted molar refractivity (Wildman–Crippen MR) is 87.3 cm³/mol. The number of nitrogens with zero attached hydrogens (tertiary/aromatic N) is 2. The van der Waals surface area contributed by atoms with Gasteiger partial charge in [-0.05, 0) is 43.9 Å². The van der Waals surface area contributed by atoms with Crippen molar-refractivity contribution >= 4 is 15.9 Å². The predicted octanol–water partition coefficient (Wildman–Crippen LogP) is 3.85. The van der Waals surface area contributed by atoms with Crippen molar-refractivity contribution in [2.75, 3.05) is 7.11 Å². The third-order valence-corrected chi connectivity index (χ3v) is 6.00. The first-order valence-corrected chi connectivity index (χ1v) is 8.88. The molecule has 0 heterocycles. The second-order valence-electron chi connectivity index (χ2n) is 6.39. The summed E-state index contributed by atoms with van der Waals surface area (Å²) in [5.74, 6) is 0.605. The average Bonchev–Trinajstić information content (AvgIpc) is 2.53. The fourth-order valence-corrected chi connectivity index (χ4v) is 4.61. The summed E-state index contributed by atoms with van der Waals surface area (Å²) < 4.78 is 5.44. The van der Waals surface area contributed by atoms with Gasteiger partial charge in [-0.3, -0.25) is 10.1 Å². The molecule has 5 nitrogen and oxygen atoms in total. The van der Waals surface area contributed by atoms with E-state index in [1.807, 2.05) is 0 Å². The molecular weight excluding hydrogens is 348 g/mol. The number of hydrogen-bond donors (Lipinski definition) is 0. The van der Waals surface area contributed by atoms with Crippen molar-refractivity contribution in [3.05, 3.63) is 21.8 Å². The second kappa shape index (κ2) is 8.07. The Morgan fingerprint density at radius 2 is 2.00 bits per heavy atom. The van der Waals surface area contributed by atoms with E-state index in [4.69, 9.17) is 4.74 Å². The fraction of sp³-hybridized carbons (Fsp3) is 0.812. The molecule has 2 fully saturated rings. The molecule has 2 rings (SSSR count). The number of rotatable bonds is 4. The molecule has 122 valence electrons.